The molecule has 0 aliphatic rings. The summed E-state index contributed by atoms with van der Waals surface area (Å²) in [6.07, 6.45) is 1.22. The zero-order valence-corrected chi connectivity index (χ0v) is 14.1. The number of amides is 1. The van der Waals surface area contributed by atoms with Crippen LogP contribution in [0.3, 0.4) is 0 Å². The van der Waals surface area contributed by atoms with Gasteiger partial charge in [-0.15, -0.1) is 0 Å². The maximum absolute atomic E-state index is 12.2. The molecule has 1 amide bonds. The number of aromatic nitrogens is 1. The zero-order valence-electron chi connectivity index (χ0n) is 13.3. The Morgan fingerprint density at radius 3 is 2.64 bits per heavy atom. The lowest BCUT2D eigenvalue weighted by Crippen LogP contribution is -2.20. The van der Waals surface area contributed by atoms with Gasteiger partial charge in [0.25, 0.3) is 5.91 Å². The van der Waals surface area contributed by atoms with Gasteiger partial charge in [-0.2, -0.15) is 0 Å². The van der Waals surface area contributed by atoms with Gasteiger partial charge < -0.3 is 15.1 Å². The Hall–Kier alpha value is -1.81. The number of carbonyl (C=O) groups is 2. The molecule has 2 aromatic rings. The van der Waals surface area contributed by atoms with Crippen molar-refractivity contribution in [2.45, 2.75) is 39.5 Å². The first-order valence-corrected chi connectivity index (χ1v) is 7.76. The van der Waals surface area contributed by atoms with Crippen molar-refractivity contribution in [2.24, 2.45) is 0 Å². The van der Waals surface area contributed by atoms with E-state index in [1.54, 1.807) is 14.0 Å². The first-order chi connectivity index (χ1) is 10.3. The van der Waals surface area contributed by atoms with E-state index in [4.69, 9.17) is 11.6 Å². The number of ketones is 1. The Kier molecular flexibility index (Phi) is 4.91. The summed E-state index contributed by atoms with van der Waals surface area (Å²) >= 11 is 6.18. The number of hydrogen-bond donors (Lipinski definition) is 2. The van der Waals surface area contributed by atoms with Crippen molar-refractivity contribution in [1.29, 1.82) is 0 Å². The lowest BCUT2D eigenvalue weighted by molar-refractivity contribution is -0.117. The molecule has 0 saturated heterocycles. The molecule has 2 rings (SSSR count). The zero-order chi connectivity index (χ0) is 16.4. The number of H-pyrrole nitrogens is 1. The minimum atomic E-state index is -0.158. The second-order valence-electron chi connectivity index (χ2n) is 5.78. The number of rotatable bonds is 5. The first kappa shape index (κ1) is 16.6. The highest BCUT2D eigenvalue weighted by Gasteiger charge is 2.22. The van der Waals surface area contributed by atoms with Crippen LogP contribution in [-0.4, -0.2) is 23.7 Å². The Bertz CT molecular complexity index is 734. The van der Waals surface area contributed by atoms with Crippen LogP contribution in [-0.2, 0) is 4.79 Å². The number of Topliss-reactive ketones (excluding diaryl/α,β-unsaturated/α-hetero) is 1. The third-order valence-electron chi connectivity index (χ3n) is 3.99. The standard InChI is InChI=1S/C17H21ClN2O2/c1-9(5-6-11(3)21)15-12-7-10(2)13(18)8-14(12)20-16(15)17(22)19-4/h7-9,20H,5-6H2,1-4H3,(H,19,22)/t9-/m0/s1. The molecule has 2 N–H and O–H groups in total. The van der Waals surface area contributed by atoms with Crippen LogP contribution in [0.5, 0.6) is 0 Å². The average Bonchev–Trinajstić information content (AvgIpc) is 2.82. The van der Waals surface area contributed by atoms with Crippen LogP contribution in [0.4, 0.5) is 0 Å². The summed E-state index contributed by atoms with van der Waals surface area (Å²) in [6.45, 7) is 5.58. The molecule has 0 spiro atoms. The van der Waals surface area contributed by atoms with Crippen molar-refractivity contribution in [3.63, 3.8) is 0 Å². The smallest absolute Gasteiger partial charge is 0.267 e. The monoisotopic (exact) mass is 320 g/mol. The normalized spacial score (nSPS) is 12.4. The van der Waals surface area contributed by atoms with E-state index in [0.717, 1.165) is 22.0 Å². The Morgan fingerprint density at radius 2 is 2.05 bits per heavy atom. The van der Waals surface area contributed by atoms with E-state index >= 15 is 0 Å². The SMILES string of the molecule is CNC(=O)c1[nH]c2cc(Cl)c(C)cc2c1[C@@H](C)CCC(C)=O. The molecule has 0 fully saturated rings. The van der Waals surface area contributed by atoms with Crippen LogP contribution in [0.1, 0.15) is 54.2 Å². The summed E-state index contributed by atoms with van der Waals surface area (Å²) in [5.41, 5.74) is 3.32. The second-order valence-corrected chi connectivity index (χ2v) is 6.19. The molecule has 1 aromatic heterocycles. The molecule has 1 heterocycles. The van der Waals surface area contributed by atoms with E-state index in [9.17, 15) is 9.59 Å². The van der Waals surface area contributed by atoms with Crippen LogP contribution < -0.4 is 5.32 Å². The largest absolute Gasteiger partial charge is 0.354 e. The highest BCUT2D eigenvalue weighted by atomic mass is 35.5. The van der Waals surface area contributed by atoms with Gasteiger partial charge in [-0.1, -0.05) is 18.5 Å². The van der Waals surface area contributed by atoms with Gasteiger partial charge in [0.05, 0.1) is 0 Å². The van der Waals surface area contributed by atoms with E-state index in [0.29, 0.717) is 23.6 Å². The third-order valence-corrected chi connectivity index (χ3v) is 4.40. The highest BCUT2D eigenvalue weighted by Crippen LogP contribution is 2.34. The van der Waals surface area contributed by atoms with E-state index in [2.05, 4.69) is 10.3 Å². The molecule has 0 radical (unpaired) electrons. The Labute approximate surface area is 135 Å². The minimum absolute atomic E-state index is 0.102. The fraction of sp³-hybridized carbons (Fsp3) is 0.412. The lowest BCUT2D eigenvalue weighted by Gasteiger charge is -2.12. The molecule has 4 nitrogen and oxygen atoms in total. The third kappa shape index (κ3) is 3.17. The summed E-state index contributed by atoms with van der Waals surface area (Å²) < 4.78 is 0. The molecular weight excluding hydrogens is 300 g/mol. The molecule has 0 saturated carbocycles. The molecule has 0 aliphatic heterocycles. The second kappa shape index (κ2) is 6.53. The molecule has 118 valence electrons. The number of nitrogens with one attached hydrogen (secondary N) is 2. The minimum Gasteiger partial charge on any atom is -0.354 e. The lowest BCUT2D eigenvalue weighted by atomic mass is 9.92. The van der Waals surface area contributed by atoms with Crippen molar-refractivity contribution in [2.75, 3.05) is 7.05 Å². The predicted octanol–water partition coefficient (Wildman–Crippen LogP) is 3.96. The Balaban J connectivity index is 2.58. The van der Waals surface area contributed by atoms with Gasteiger partial charge in [-0.3, -0.25) is 4.79 Å². The van der Waals surface area contributed by atoms with E-state index in [1.807, 2.05) is 26.0 Å². The van der Waals surface area contributed by atoms with Crippen molar-refractivity contribution in [1.82, 2.24) is 10.3 Å². The van der Waals surface area contributed by atoms with Crippen molar-refractivity contribution in [3.05, 3.63) is 34.0 Å². The fourth-order valence-corrected chi connectivity index (χ4v) is 2.89. The van der Waals surface area contributed by atoms with Gasteiger partial charge >= 0.3 is 0 Å². The number of aryl methyl sites for hydroxylation is 1. The van der Waals surface area contributed by atoms with Gasteiger partial charge in [-0.25, -0.2) is 0 Å². The molecule has 0 unspecified atom stereocenters. The number of halogens is 1. The van der Waals surface area contributed by atoms with Gasteiger partial charge in [0.15, 0.2) is 0 Å². The molecule has 1 atom stereocenters. The topological polar surface area (TPSA) is 62.0 Å². The van der Waals surface area contributed by atoms with Crippen LogP contribution in [0, 0.1) is 6.92 Å². The summed E-state index contributed by atoms with van der Waals surface area (Å²) in [5.74, 6) is 0.104. The van der Waals surface area contributed by atoms with E-state index < -0.39 is 0 Å². The van der Waals surface area contributed by atoms with Gasteiger partial charge in [0.1, 0.15) is 11.5 Å². The van der Waals surface area contributed by atoms with Gasteiger partial charge in [0, 0.05) is 29.4 Å². The molecule has 1 aromatic carbocycles. The van der Waals surface area contributed by atoms with Crippen molar-refractivity contribution >= 4 is 34.2 Å². The van der Waals surface area contributed by atoms with Crippen LogP contribution in [0.2, 0.25) is 5.02 Å². The van der Waals surface area contributed by atoms with Crippen LogP contribution >= 0.6 is 11.6 Å². The maximum Gasteiger partial charge on any atom is 0.267 e. The molecule has 0 aliphatic carbocycles. The number of aromatic amines is 1. The van der Waals surface area contributed by atoms with Gasteiger partial charge in [-0.05, 0) is 49.4 Å². The van der Waals surface area contributed by atoms with Crippen molar-refractivity contribution < 1.29 is 9.59 Å². The van der Waals surface area contributed by atoms with Gasteiger partial charge in [0.2, 0.25) is 0 Å². The maximum atomic E-state index is 12.2. The number of benzene rings is 1. The highest BCUT2D eigenvalue weighted by molar-refractivity contribution is 6.32. The van der Waals surface area contributed by atoms with Crippen LogP contribution in [0.25, 0.3) is 10.9 Å². The quantitative estimate of drug-likeness (QED) is 0.875. The molecule has 22 heavy (non-hydrogen) atoms. The van der Waals surface area contributed by atoms with E-state index in [1.165, 1.54) is 0 Å². The average molecular weight is 321 g/mol. The van der Waals surface area contributed by atoms with Crippen molar-refractivity contribution in [3.8, 4) is 0 Å². The summed E-state index contributed by atoms with van der Waals surface area (Å²) in [5, 5.41) is 4.33. The summed E-state index contributed by atoms with van der Waals surface area (Å²) in [6, 6.07) is 3.85. The summed E-state index contributed by atoms with van der Waals surface area (Å²) in [4.78, 5) is 26.6. The van der Waals surface area contributed by atoms with Crippen LogP contribution in [0.15, 0.2) is 12.1 Å². The number of fused-ring (bicyclic) bond motifs is 1. The first-order valence-electron chi connectivity index (χ1n) is 7.38. The fourth-order valence-electron chi connectivity index (χ4n) is 2.72. The predicted molar refractivity (Wildman–Crippen MR) is 89.8 cm³/mol. The molecule has 0 bridgehead atoms. The number of hydrogen-bond acceptors (Lipinski definition) is 2. The Morgan fingerprint density at radius 1 is 1.36 bits per heavy atom. The molecular formula is C17H21ClN2O2. The molecule has 5 heteroatoms. The summed E-state index contributed by atoms with van der Waals surface area (Å²) in [7, 11) is 1.61. The number of carbonyl (C=O) groups excluding carboxylic acids is 2. The van der Waals surface area contributed by atoms with E-state index in [-0.39, 0.29) is 17.6 Å².